The second kappa shape index (κ2) is 2.77. The van der Waals surface area contributed by atoms with Gasteiger partial charge in [0, 0.05) is 18.8 Å². The van der Waals surface area contributed by atoms with Crippen molar-refractivity contribution in [3.8, 4) is 0 Å². The molecule has 0 aliphatic rings. The lowest BCUT2D eigenvalue weighted by Gasteiger charge is -2.00. The van der Waals surface area contributed by atoms with Gasteiger partial charge < -0.3 is 4.57 Å². The van der Waals surface area contributed by atoms with E-state index in [0.717, 1.165) is 0 Å². The van der Waals surface area contributed by atoms with Crippen molar-refractivity contribution >= 4 is 5.69 Å². The van der Waals surface area contributed by atoms with Gasteiger partial charge in [0.25, 0.3) is 0 Å². The van der Waals surface area contributed by atoms with E-state index in [1.807, 2.05) is 0 Å². The van der Waals surface area contributed by atoms with E-state index >= 15 is 0 Å². The lowest BCUT2D eigenvalue weighted by atomic mass is 10.3. The number of nitro groups is 1. The van der Waals surface area contributed by atoms with Gasteiger partial charge in [0.2, 0.25) is 0 Å². The Morgan fingerprint density at radius 2 is 2.08 bits per heavy atom. The highest BCUT2D eigenvalue weighted by Crippen LogP contribution is 2.03. The predicted molar refractivity (Wildman–Crippen MR) is 43.1 cm³/mol. The molecule has 12 heavy (non-hydrogen) atoms. The summed E-state index contributed by atoms with van der Waals surface area (Å²) < 4.78 is 1.25. The molecule has 1 heterocycles. The quantitative estimate of drug-likeness (QED) is 0.455. The van der Waals surface area contributed by atoms with E-state index in [1.54, 1.807) is 13.0 Å². The van der Waals surface area contributed by atoms with Crippen LogP contribution in [-0.4, -0.2) is 9.49 Å². The largest absolute Gasteiger partial charge is 0.334 e. The van der Waals surface area contributed by atoms with Crippen molar-refractivity contribution in [2.24, 2.45) is 7.05 Å². The highest BCUT2D eigenvalue weighted by Gasteiger charge is 2.12. The van der Waals surface area contributed by atoms with E-state index in [-0.39, 0.29) is 5.69 Å². The number of aryl methyl sites for hydroxylation is 1. The van der Waals surface area contributed by atoms with Crippen LogP contribution in [0.4, 0.5) is 5.69 Å². The Kier molecular flexibility index (Phi) is 1.95. The molecule has 1 rings (SSSR count). The number of hydrogen-bond acceptors (Lipinski definition) is 3. The van der Waals surface area contributed by atoms with Crippen LogP contribution in [0.5, 0.6) is 0 Å². The first-order valence-corrected chi connectivity index (χ1v) is 3.35. The Labute approximate surface area is 68.4 Å². The van der Waals surface area contributed by atoms with E-state index < -0.39 is 10.5 Å². The second-order valence-electron chi connectivity index (χ2n) is 2.48. The molecule has 0 aromatic carbocycles. The Hall–Kier alpha value is -1.65. The van der Waals surface area contributed by atoms with Gasteiger partial charge in [-0.05, 0) is 13.0 Å². The zero-order valence-electron chi connectivity index (χ0n) is 6.77. The standard InChI is InChI=1S/C7H8N2O3/c1-5-3-4-6(9(11)12)7(10)8(5)2/h3-4H,1-2H3. The van der Waals surface area contributed by atoms with Crippen LogP contribution in [0.15, 0.2) is 16.9 Å². The molecule has 0 unspecified atom stereocenters. The molecule has 0 N–H and O–H groups in total. The highest BCUT2D eigenvalue weighted by molar-refractivity contribution is 5.27. The van der Waals surface area contributed by atoms with Crippen LogP contribution < -0.4 is 5.56 Å². The van der Waals surface area contributed by atoms with Crippen LogP contribution in [0.1, 0.15) is 5.69 Å². The van der Waals surface area contributed by atoms with Crippen molar-refractivity contribution in [1.29, 1.82) is 0 Å². The molecule has 0 aliphatic carbocycles. The van der Waals surface area contributed by atoms with Gasteiger partial charge in [-0.25, -0.2) is 0 Å². The normalized spacial score (nSPS) is 9.83. The van der Waals surface area contributed by atoms with E-state index in [4.69, 9.17) is 0 Å². The van der Waals surface area contributed by atoms with Gasteiger partial charge in [-0.3, -0.25) is 14.9 Å². The topological polar surface area (TPSA) is 65.1 Å². The molecule has 0 aliphatic heterocycles. The molecular formula is C7H8N2O3. The summed E-state index contributed by atoms with van der Waals surface area (Å²) in [7, 11) is 1.50. The zero-order chi connectivity index (χ0) is 9.30. The Morgan fingerprint density at radius 3 is 2.58 bits per heavy atom. The average Bonchev–Trinajstić information content (AvgIpc) is 2.00. The summed E-state index contributed by atoms with van der Waals surface area (Å²) in [5.74, 6) is 0. The van der Waals surface area contributed by atoms with Gasteiger partial charge in [-0.2, -0.15) is 0 Å². The smallest absolute Gasteiger partial charge is 0.310 e. The first kappa shape index (κ1) is 8.45. The third-order valence-electron chi connectivity index (χ3n) is 1.73. The van der Waals surface area contributed by atoms with Gasteiger partial charge in [0.05, 0.1) is 4.92 Å². The number of rotatable bonds is 1. The fraction of sp³-hybridized carbons (Fsp3) is 0.286. The minimum absolute atomic E-state index is 0.386. The molecule has 0 bridgehead atoms. The van der Waals surface area contributed by atoms with E-state index in [9.17, 15) is 14.9 Å². The third-order valence-corrected chi connectivity index (χ3v) is 1.73. The van der Waals surface area contributed by atoms with E-state index in [0.29, 0.717) is 5.69 Å². The summed E-state index contributed by atoms with van der Waals surface area (Å²) in [6, 6.07) is 2.76. The monoisotopic (exact) mass is 168 g/mol. The summed E-state index contributed by atoms with van der Waals surface area (Å²) in [5, 5.41) is 10.3. The van der Waals surface area contributed by atoms with Crippen molar-refractivity contribution in [2.75, 3.05) is 0 Å². The predicted octanol–water partition coefficient (Wildman–Crippen LogP) is 0.602. The Bertz CT molecular complexity index is 381. The van der Waals surface area contributed by atoms with Crippen LogP contribution in [-0.2, 0) is 7.05 Å². The van der Waals surface area contributed by atoms with Crippen LogP contribution in [0, 0.1) is 17.0 Å². The molecular weight excluding hydrogens is 160 g/mol. The lowest BCUT2D eigenvalue weighted by molar-refractivity contribution is -0.386. The van der Waals surface area contributed by atoms with Crippen molar-refractivity contribution in [1.82, 2.24) is 4.57 Å². The van der Waals surface area contributed by atoms with Crippen molar-refractivity contribution in [3.63, 3.8) is 0 Å². The van der Waals surface area contributed by atoms with Gasteiger partial charge in [0.15, 0.2) is 0 Å². The maximum atomic E-state index is 11.2. The zero-order valence-corrected chi connectivity index (χ0v) is 6.77. The van der Waals surface area contributed by atoms with Crippen LogP contribution in [0.3, 0.4) is 0 Å². The third kappa shape index (κ3) is 1.20. The number of pyridine rings is 1. The molecule has 0 amide bonds. The first-order valence-electron chi connectivity index (χ1n) is 3.35. The molecule has 5 nitrogen and oxygen atoms in total. The van der Waals surface area contributed by atoms with Crippen LogP contribution >= 0.6 is 0 Å². The first-order chi connectivity index (χ1) is 5.54. The van der Waals surface area contributed by atoms with Crippen molar-refractivity contribution in [2.45, 2.75) is 6.92 Å². The van der Waals surface area contributed by atoms with Gasteiger partial charge >= 0.3 is 11.2 Å². The summed E-state index contributed by atoms with van der Waals surface area (Å²) in [4.78, 5) is 20.8. The summed E-state index contributed by atoms with van der Waals surface area (Å²) in [6.45, 7) is 1.71. The number of nitrogens with zero attached hydrogens (tertiary/aromatic N) is 2. The van der Waals surface area contributed by atoms with Gasteiger partial charge in [-0.1, -0.05) is 0 Å². The fourth-order valence-corrected chi connectivity index (χ4v) is 0.854. The molecule has 0 spiro atoms. The van der Waals surface area contributed by atoms with Gasteiger partial charge in [0.1, 0.15) is 0 Å². The molecule has 64 valence electrons. The summed E-state index contributed by atoms with van der Waals surface area (Å²) in [5.41, 5.74) is -0.256. The Balaban J connectivity index is 3.47. The molecule has 0 saturated heterocycles. The Morgan fingerprint density at radius 1 is 1.50 bits per heavy atom. The van der Waals surface area contributed by atoms with Gasteiger partial charge in [-0.15, -0.1) is 0 Å². The number of aromatic nitrogens is 1. The average molecular weight is 168 g/mol. The van der Waals surface area contributed by atoms with Crippen molar-refractivity contribution in [3.05, 3.63) is 38.3 Å². The molecule has 0 fully saturated rings. The molecule has 0 saturated carbocycles. The second-order valence-corrected chi connectivity index (χ2v) is 2.48. The minimum Gasteiger partial charge on any atom is -0.310 e. The van der Waals surface area contributed by atoms with E-state index in [1.165, 1.54) is 17.7 Å². The molecule has 1 aromatic rings. The maximum absolute atomic E-state index is 11.2. The van der Waals surface area contributed by atoms with Crippen LogP contribution in [0.25, 0.3) is 0 Å². The SMILES string of the molecule is Cc1ccc([N+](=O)[O-])c(=O)n1C. The number of hydrogen-bond donors (Lipinski definition) is 0. The fourth-order valence-electron chi connectivity index (χ4n) is 0.854. The summed E-state index contributed by atoms with van der Waals surface area (Å²) >= 11 is 0. The highest BCUT2D eigenvalue weighted by atomic mass is 16.6. The molecule has 5 heteroatoms. The van der Waals surface area contributed by atoms with Crippen LogP contribution in [0.2, 0.25) is 0 Å². The van der Waals surface area contributed by atoms with E-state index in [2.05, 4.69) is 0 Å². The molecule has 0 atom stereocenters. The lowest BCUT2D eigenvalue weighted by Crippen LogP contribution is -2.21. The molecule has 0 radical (unpaired) electrons. The minimum atomic E-state index is -0.679. The van der Waals surface area contributed by atoms with Crippen molar-refractivity contribution < 1.29 is 4.92 Å². The molecule has 1 aromatic heterocycles. The maximum Gasteiger partial charge on any atom is 0.334 e. The summed E-state index contributed by atoms with van der Waals surface area (Å²) in [6.07, 6.45) is 0.